The van der Waals surface area contributed by atoms with E-state index in [4.69, 9.17) is 4.74 Å². The van der Waals surface area contributed by atoms with Gasteiger partial charge in [-0.25, -0.2) is 4.68 Å². The van der Waals surface area contributed by atoms with Crippen LogP contribution in [0.2, 0.25) is 0 Å². The van der Waals surface area contributed by atoms with Crippen molar-refractivity contribution in [1.29, 1.82) is 0 Å². The zero-order chi connectivity index (χ0) is 18.7. The molecule has 0 aliphatic carbocycles. The molecule has 3 rings (SSSR count). The van der Waals surface area contributed by atoms with Crippen LogP contribution < -0.4 is 10.1 Å². The number of methoxy groups -OCH3 is 1. The third-order valence-electron chi connectivity index (χ3n) is 3.82. The number of carbonyl (C=O) groups excluding carboxylic acids is 1. The van der Waals surface area contributed by atoms with Crippen molar-refractivity contribution in [2.75, 3.05) is 12.4 Å². The Morgan fingerprint density at radius 3 is 2.69 bits per heavy atom. The van der Waals surface area contributed by atoms with Crippen molar-refractivity contribution < 1.29 is 14.5 Å². The topological polar surface area (TPSA) is 99.3 Å². The molecule has 0 atom stereocenters. The second-order valence-electron chi connectivity index (χ2n) is 5.53. The van der Waals surface area contributed by atoms with Crippen LogP contribution in [-0.2, 0) is 0 Å². The minimum Gasteiger partial charge on any atom is -0.496 e. The maximum absolute atomic E-state index is 12.6. The van der Waals surface area contributed by atoms with Gasteiger partial charge >= 0.3 is 0 Å². The number of ether oxygens (including phenoxy) is 1. The molecule has 8 heteroatoms. The molecule has 1 aromatic heterocycles. The monoisotopic (exact) mass is 352 g/mol. The predicted octanol–water partition coefficient (Wildman–Crippen LogP) is 3.35. The van der Waals surface area contributed by atoms with Gasteiger partial charge in [0, 0.05) is 29.7 Å². The number of aromatic nitrogens is 2. The number of aryl methyl sites for hydroxylation is 1. The first kappa shape index (κ1) is 17.2. The number of anilines is 1. The third kappa shape index (κ3) is 3.39. The zero-order valence-electron chi connectivity index (χ0n) is 14.2. The average molecular weight is 352 g/mol. The molecule has 3 aromatic rings. The van der Waals surface area contributed by atoms with Crippen molar-refractivity contribution in [1.82, 2.24) is 9.78 Å². The maximum Gasteiger partial charge on any atom is 0.270 e. The van der Waals surface area contributed by atoms with Gasteiger partial charge in [0.2, 0.25) is 0 Å². The van der Waals surface area contributed by atoms with Crippen LogP contribution in [0.25, 0.3) is 5.69 Å². The van der Waals surface area contributed by atoms with Gasteiger partial charge in [-0.05, 0) is 37.3 Å². The predicted molar refractivity (Wildman–Crippen MR) is 95.9 cm³/mol. The molecule has 0 saturated heterocycles. The van der Waals surface area contributed by atoms with Gasteiger partial charge in [-0.1, -0.05) is 6.07 Å². The van der Waals surface area contributed by atoms with E-state index in [9.17, 15) is 14.9 Å². The fourth-order valence-electron chi connectivity index (χ4n) is 2.54. The summed E-state index contributed by atoms with van der Waals surface area (Å²) in [7, 11) is 1.40. The number of nitro groups is 1. The van der Waals surface area contributed by atoms with Crippen LogP contribution in [0.3, 0.4) is 0 Å². The minimum atomic E-state index is -0.558. The van der Waals surface area contributed by atoms with Crippen molar-refractivity contribution in [3.8, 4) is 11.4 Å². The number of nitro benzene ring substituents is 1. The second kappa shape index (κ2) is 7.06. The smallest absolute Gasteiger partial charge is 0.270 e. The fourth-order valence-corrected chi connectivity index (χ4v) is 2.54. The summed E-state index contributed by atoms with van der Waals surface area (Å²) in [4.78, 5) is 23.0. The first-order valence-electron chi connectivity index (χ1n) is 7.74. The Labute approximate surface area is 149 Å². The quantitative estimate of drug-likeness (QED) is 0.561. The van der Waals surface area contributed by atoms with E-state index in [0.29, 0.717) is 5.69 Å². The Morgan fingerprint density at radius 1 is 1.23 bits per heavy atom. The van der Waals surface area contributed by atoms with Crippen molar-refractivity contribution in [3.63, 3.8) is 0 Å². The Kier molecular flexibility index (Phi) is 4.66. The highest BCUT2D eigenvalue weighted by Gasteiger charge is 2.18. The van der Waals surface area contributed by atoms with Gasteiger partial charge in [-0.15, -0.1) is 0 Å². The summed E-state index contributed by atoms with van der Waals surface area (Å²) in [5.41, 5.74) is 2.18. The van der Waals surface area contributed by atoms with E-state index >= 15 is 0 Å². The molecule has 0 bridgehead atoms. The summed E-state index contributed by atoms with van der Waals surface area (Å²) in [6.45, 7) is 1.92. The van der Waals surface area contributed by atoms with Crippen LogP contribution in [0.5, 0.6) is 5.75 Å². The van der Waals surface area contributed by atoms with E-state index in [1.165, 1.54) is 25.3 Å². The van der Waals surface area contributed by atoms with Gasteiger partial charge in [0.25, 0.3) is 11.6 Å². The molecule has 1 N–H and O–H groups in total. The fraction of sp³-hybridized carbons (Fsp3) is 0.111. The number of rotatable bonds is 5. The van der Waals surface area contributed by atoms with Crippen molar-refractivity contribution in [2.45, 2.75) is 6.92 Å². The van der Waals surface area contributed by atoms with Crippen molar-refractivity contribution in [2.24, 2.45) is 0 Å². The SMILES string of the molecule is COc1ccc([N+](=O)[O-])cc1C(=O)Nc1cccc(-n2nccc2C)c1. The van der Waals surface area contributed by atoms with Crippen LogP contribution in [0.1, 0.15) is 16.1 Å². The maximum atomic E-state index is 12.6. The highest BCUT2D eigenvalue weighted by Crippen LogP contribution is 2.25. The van der Waals surface area contributed by atoms with Gasteiger partial charge < -0.3 is 10.1 Å². The zero-order valence-corrected chi connectivity index (χ0v) is 14.2. The van der Waals surface area contributed by atoms with E-state index in [1.54, 1.807) is 29.1 Å². The first-order valence-corrected chi connectivity index (χ1v) is 7.74. The molecule has 1 heterocycles. The number of non-ortho nitro benzene ring substituents is 1. The number of nitrogens with zero attached hydrogens (tertiary/aromatic N) is 3. The summed E-state index contributed by atoms with van der Waals surface area (Å²) in [6, 6.07) is 12.9. The molecule has 0 spiro atoms. The van der Waals surface area contributed by atoms with E-state index in [2.05, 4.69) is 10.4 Å². The summed E-state index contributed by atoms with van der Waals surface area (Å²) in [5, 5.41) is 17.9. The third-order valence-corrected chi connectivity index (χ3v) is 3.82. The number of hydrogen-bond acceptors (Lipinski definition) is 5. The van der Waals surface area contributed by atoms with Gasteiger partial charge in [-0.2, -0.15) is 5.10 Å². The molecule has 0 aliphatic heterocycles. The minimum absolute atomic E-state index is 0.0855. The standard InChI is InChI=1S/C18H16N4O4/c1-12-8-9-19-21(12)14-5-3-4-13(10-14)20-18(23)16-11-15(22(24)25)6-7-17(16)26-2/h3-11H,1-2H3,(H,20,23). The highest BCUT2D eigenvalue weighted by atomic mass is 16.6. The summed E-state index contributed by atoms with van der Waals surface area (Å²) >= 11 is 0. The second-order valence-corrected chi connectivity index (χ2v) is 5.53. The van der Waals surface area contributed by atoms with Crippen LogP contribution in [0, 0.1) is 17.0 Å². The average Bonchev–Trinajstić information content (AvgIpc) is 3.07. The molecule has 132 valence electrons. The van der Waals surface area contributed by atoms with Crippen LogP contribution in [0.15, 0.2) is 54.7 Å². The summed E-state index contributed by atoms with van der Waals surface area (Å²) < 4.78 is 6.88. The van der Waals surface area contributed by atoms with E-state index < -0.39 is 10.8 Å². The van der Waals surface area contributed by atoms with Crippen LogP contribution in [-0.4, -0.2) is 27.7 Å². The molecule has 0 saturated carbocycles. The number of amides is 1. The lowest BCUT2D eigenvalue weighted by atomic mass is 10.1. The Hall–Kier alpha value is -3.68. The molecule has 8 nitrogen and oxygen atoms in total. The Morgan fingerprint density at radius 2 is 2.04 bits per heavy atom. The molecule has 0 unspecified atom stereocenters. The van der Waals surface area contributed by atoms with Crippen LogP contribution >= 0.6 is 0 Å². The lowest BCUT2D eigenvalue weighted by molar-refractivity contribution is -0.384. The largest absolute Gasteiger partial charge is 0.496 e. The van der Waals surface area contributed by atoms with Crippen molar-refractivity contribution in [3.05, 3.63) is 76.1 Å². The van der Waals surface area contributed by atoms with Gasteiger partial charge in [0.15, 0.2) is 0 Å². The lowest BCUT2D eigenvalue weighted by Crippen LogP contribution is -2.14. The molecule has 0 aliphatic rings. The number of hydrogen-bond donors (Lipinski definition) is 1. The molecule has 2 aromatic carbocycles. The molecular formula is C18H16N4O4. The Balaban J connectivity index is 1.90. The Bertz CT molecular complexity index is 981. The number of nitrogens with one attached hydrogen (secondary N) is 1. The van der Waals surface area contributed by atoms with Gasteiger partial charge in [0.1, 0.15) is 5.75 Å². The normalized spacial score (nSPS) is 10.4. The van der Waals surface area contributed by atoms with Gasteiger partial charge in [-0.3, -0.25) is 14.9 Å². The van der Waals surface area contributed by atoms with Gasteiger partial charge in [0.05, 0.1) is 23.3 Å². The van der Waals surface area contributed by atoms with E-state index in [1.807, 2.05) is 19.1 Å². The lowest BCUT2D eigenvalue weighted by Gasteiger charge is -2.11. The highest BCUT2D eigenvalue weighted by molar-refractivity contribution is 6.06. The van der Waals surface area contributed by atoms with E-state index in [-0.39, 0.29) is 17.0 Å². The molecule has 26 heavy (non-hydrogen) atoms. The molecule has 1 amide bonds. The van der Waals surface area contributed by atoms with Crippen molar-refractivity contribution >= 4 is 17.3 Å². The number of benzene rings is 2. The first-order chi connectivity index (χ1) is 12.5. The molecule has 0 radical (unpaired) electrons. The summed E-state index contributed by atoms with van der Waals surface area (Å²) in [6.07, 6.45) is 1.69. The molecule has 0 fully saturated rings. The van der Waals surface area contributed by atoms with E-state index in [0.717, 1.165) is 11.4 Å². The van der Waals surface area contributed by atoms with Crippen LogP contribution in [0.4, 0.5) is 11.4 Å². The summed E-state index contributed by atoms with van der Waals surface area (Å²) in [5.74, 6) is -0.243. The number of carbonyl (C=O) groups is 1. The molecular weight excluding hydrogens is 336 g/mol.